The van der Waals surface area contributed by atoms with E-state index < -0.39 is 0 Å². The largest absolute Gasteiger partial charge is 0.508 e. The molecule has 1 aromatic rings. The first kappa shape index (κ1) is 11.8. The minimum absolute atomic E-state index is 0.0196. The Labute approximate surface area is 100 Å². The summed E-state index contributed by atoms with van der Waals surface area (Å²) in [5.74, 6) is 0.132. The average Bonchev–Trinajstić information content (AvgIpc) is 3.00. The Hall–Kier alpha value is -1.71. The summed E-state index contributed by atoms with van der Waals surface area (Å²) in [5, 5.41) is 21.7. The monoisotopic (exact) mass is 235 g/mol. The maximum Gasteiger partial charge on any atom is 0.255 e. The molecule has 3 N–H and O–H groups in total. The second kappa shape index (κ2) is 4.65. The van der Waals surface area contributed by atoms with Crippen LogP contribution in [0.1, 0.15) is 36.5 Å². The summed E-state index contributed by atoms with van der Waals surface area (Å²) in [6.07, 6.45) is 3.25. The molecule has 1 aromatic carbocycles. The van der Waals surface area contributed by atoms with Gasteiger partial charge in [0.1, 0.15) is 11.5 Å². The fourth-order valence-corrected chi connectivity index (χ4v) is 2.07. The number of rotatable bonds is 4. The summed E-state index contributed by atoms with van der Waals surface area (Å²) in [5.41, 5.74) is 0.132. The molecule has 17 heavy (non-hydrogen) atoms. The Bertz CT molecular complexity index is 431. The van der Waals surface area contributed by atoms with Gasteiger partial charge in [0.05, 0.1) is 5.56 Å². The van der Waals surface area contributed by atoms with E-state index in [0.29, 0.717) is 5.92 Å². The van der Waals surface area contributed by atoms with Crippen LogP contribution < -0.4 is 5.32 Å². The maximum absolute atomic E-state index is 11.8. The quantitative estimate of drug-likeness (QED) is 0.699. The van der Waals surface area contributed by atoms with Crippen LogP contribution in [-0.4, -0.2) is 22.2 Å². The molecule has 2 rings (SSSR count). The molecule has 0 saturated heterocycles. The van der Waals surface area contributed by atoms with E-state index in [0.717, 1.165) is 19.3 Å². The number of carbonyl (C=O) groups is 1. The normalized spacial score (nSPS) is 22.2. The summed E-state index contributed by atoms with van der Waals surface area (Å²) in [7, 11) is 0. The van der Waals surface area contributed by atoms with E-state index in [-0.39, 0.29) is 29.0 Å². The van der Waals surface area contributed by atoms with E-state index in [9.17, 15) is 15.0 Å². The number of phenolic OH excluding ortho intramolecular Hbond substituents is 2. The highest BCUT2D eigenvalue weighted by Gasteiger charge is 2.37. The molecule has 4 heteroatoms. The zero-order valence-electron chi connectivity index (χ0n) is 9.81. The van der Waals surface area contributed by atoms with Crippen molar-refractivity contribution >= 4 is 5.91 Å². The third-order valence-electron chi connectivity index (χ3n) is 3.12. The summed E-state index contributed by atoms with van der Waals surface area (Å²) in [6, 6.07) is 4.18. The zero-order valence-corrected chi connectivity index (χ0v) is 9.81. The number of amides is 1. The van der Waals surface area contributed by atoms with Gasteiger partial charge in [-0.3, -0.25) is 4.79 Å². The van der Waals surface area contributed by atoms with Crippen molar-refractivity contribution in [3.8, 4) is 11.5 Å². The van der Waals surface area contributed by atoms with Crippen molar-refractivity contribution < 1.29 is 15.0 Å². The Morgan fingerprint density at radius 3 is 2.94 bits per heavy atom. The second-order valence-electron chi connectivity index (χ2n) is 4.57. The van der Waals surface area contributed by atoms with Crippen LogP contribution in [-0.2, 0) is 0 Å². The van der Waals surface area contributed by atoms with Crippen molar-refractivity contribution in [1.82, 2.24) is 5.32 Å². The second-order valence-corrected chi connectivity index (χ2v) is 4.57. The number of carbonyl (C=O) groups excluding carboxylic acids is 1. The number of nitrogens with one attached hydrogen (secondary N) is 1. The molecule has 0 radical (unpaired) electrons. The van der Waals surface area contributed by atoms with Gasteiger partial charge in [-0.15, -0.1) is 0 Å². The summed E-state index contributed by atoms with van der Waals surface area (Å²) in [6.45, 7) is 2.12. The van der Waals surface area contributed by atoms with Crippen LogP contribution in [0.5, 0.6) is 11.5 Å². The van der Waals surface area contributed by atoms with Crippen LogP contribution >= 0.6 is 0 Å². The van der Waals surface area contributed by atoms with Gasteiger partial charge in [-0.1, -0.05) is 13.3 Å². The molecule has 92 valence electrons. The van der Waals surface area contributed by atoms with Gasteiger partial charge in [-0.25, -0.2) is 0 Å². The van der Waals surface area contributed by atoms with Gasteiger partial charge < -0.3 is 15.5 Å². The predicted octanol–water partition coefficient (Wildman–Crippen LogP) is 2.02. The molecule has 0 spiro atoms. The lowest BCUT2D eigenvalue weighted by molar-refractivity contribution is 0.0945. The fraction of sp³-hybridized carbons (Fsp3) is 0.462. The minimum Gasteiger partial charge on any atom is -0.508 e. The number of benzene rings is 1. The number of hydrogen-bond acceptors (Lipinski definition) is 3. The highest BCUT2D eigenvalue weighted by molar-refractivity contribution is 5.97. The Morgan fingerprint density at radius 2 is 2.24 bits per heavy atom. The lowest BCUT2D eigenvalue weighted by Gasteiger charge is -2.06. The van der Waals surface area contributed by atoms with Crippen molar-refractivity contribution in [2.45, 2.75) is 32.2 Å². The van der Waals surface area contributed by atoms with Crippen molar-refractivity contribution in [3.05, 3.63) is 23.8 Å². The molecule has 2 atom stereocenters. The van der Waals surface area contributed by atoms with Gasteiger partial charge in [0, 0.05) is 6.04 Å². The molecule has 0 aromatic heterocycles. The van der Waals surface area contributed by atoms with Gasteiger partial charge in [0.15, 0.2) is 0 Å². The molecule has 2 unspecified atom stereocenters. The van der Waals surface area contributed by atoms with Crippen molar-refractivity contribution in [3.63, 3.8) is 0 Å². The molecular weight excluding hydrogens is 218 g/mol. The van der Waals surface area contributed by atoms with Crippen LogP contribution in [0.3, 0.4) is 0 Å². The number of phenols is 2. The number of aromatic hydroxyl groups is 2. The maximum atomic E-state index is 11.8. The van der Waals surface area contributed by atoms with E-state index in [2.05, 4.69) is 12.2 Å². The van der Waals surface area contributed by atoms with E-state index in [4.69, 9.17) is 0 Å². The van der Waals surface area contributed by atoms with Crippen LogP contribution in [0.2, 0.25) is 0 Å². The molecule has 0 bridgehead atoms. The zero-order chi connectivity index (χ0) is 12.4. The summed E-state index contributed by atoms with van der Waals surface area (Å²) < 4.78 is 0. The van der Waals surface area contributed by atoms with Gasteiger partial charge in [-0.2, -0.15) is 0 Å². The highest BCUT2D eigenvalue weighted by Crippen LogP contribution is 2.35. The van der Waals surface area contributed by atoms with Gasteiger partial charge in [0.2, 0.25) is 0 Å². The SMILES string of the molecule is CCCC1CC1NC(=O)c1cc(O)ccc1O. The van der Waals surface area contributed by atoms with Crippen molar-refractivity contribution in [2.24, 2.45) is 5.92 Å². The molecule has 4 nitrogen and oxygen atoms in total. The first-order valence-electron chi connectivity index (χ1n) is 5.94. The highest BCUT2D eigenvalue weighted by atomic mass is 16.3. The third-order valence-corrected chi connectivity index (χ3v) is 3.12. The van der Waals surface area contributed by atoms with Gasteiger partial charge >= 0.3 is 0 Å². The van der Waals surface area contributed by atoms with E-state index in [1.165, 1.54) is 18.2 Å². The fourth-order valence-electron chi connectivity index (χ4n) is 2.07. The molecule has 1 amide bonds. The van der Waals surface area contributed by atoms with E-state index >= 15 is 0 Å². The van der Waals surface area contributed by atoms with Crippen LogP contribution in [0.4, 0.5) is 0 Å². The summed E-state index contributed by atoms with van der Waals surface area (Å²) >= 11 is 0. The lowest BCUT2D eigenvalue weighted by atomic mass is 10.1. The standard InChI is InChI=1S/C13H17NO3/c1-2-3-8-6-11(8)14-13(17)10-7-9(15)4-5-12(10)16/h4-5,7-8,11,15-16H,2-3,6H2,1H3,(H,14,17). The van der Waals surface area contributed by atoms with Gasteiger partial charge in [-0.05, 0) is 37.0 Å². The van der Waals surface area contributed by atoms with Crippen LogP contribution in [0.15, 0.2) is 18.2 Å². The minimum atomic E-state index is -0.318. The van der Waals surface area contributed by atoms with Crippen molar-refractivity contribution in [1.29, 1.82) is 0 Å². The smallest absolute Gasteiger partial charge is 0.255 e. The van der Waals surface area contributed by atoms with Crippen LogP contribution in [0, 0.1) is 5.92 Å². The molecule has 1 fully saturated rings. The Morgan fingerprint density at radius 1 is 1.47 bits per heavy atom. The summed E-state index contributed by atoms with van der Waals surface area (Å²) in [4.78, 5) is 11.8. The Balaban J connectivity index is 1.98. The van der Waals surface area contributed by atoms with Crippen molar-refractivity contribution in [2.75, 3.05) is 0 Å². The third kappa shape index (κ3) is 2.70. The molecular formula is C13H17NO3. The average molecular weight is 235 g/mol. The predicted molar refractivity (Wildman–Crippen MR) is 64.0 cm³/mol. The first-order chi connectivity index (χ1) is 8.11. The van der Waals surface area contributed by atoms with Crippen LogP contribution in [0.25, 0.3) is 0 Å². The molecule has 1 saturated carbocycles. The molecule has 1 aliphatic rings. The first-order valence-corrected chi connectivity index (χ1v) is 5.94. The van der Waals surface area contributed by atoms with Gasteiger partial charge in [0.25, 0.3) is 5.91 Å². The topological polar surface area (TPSA) is 69.6 Å². The van der Waals surface area contributed by atoms with E-state index in [1.807, 2.05) is 0 Å². The lowest BCUT2D eigenvalue weighted by Crippen LogP contribution is -2.26. The molecule has 0 aliphatic heterocycles. The molecule has 1 aliphatic carbocycles. The number of hydrogen-bond donors (Lipinski definition) is 3. The molecule has 0 heterocycles. The van der Waals surface area contributed by atoms with E-state index in [1.54, 1.807) is 0 Å². The Kier molecular flexibility index (Phi) is 3.22.